The van der Waals surface area contributed by atoms with E-state index in [9.17, 15) is 0 Å². The first-order valence-corrected chi connectivity index (χ1v) is 7.26. The summed E-state index contributed by atoms with van der Waals surface area (Å²) >= 11 is 0. The number of nitrogens with zero attached hydrogens (tertiary/aromatic N) is 2. The van der Waals surface area contributed by atoms with E-state index in [2.05, 4.69) is 21.1 Å². The van der Waals surface area contributed by atoms with Gasteiger partial charge < -0.3 is 19.4 Å². The van der Waals surface area contributed by atoms with Crippen molar-refractivity contribution in [3.05, 3.63) is 11.9 Å². The third-order valence-corrected chi connectivity index (χ3v) is 3.34. The van der Waals surface area contributed by atoms with E-state index in [0.717, 1.165) is 57.5 Å². The highest BCUT2D eigenvalue weighted by Crippen LogP contribution is 2.23. The Hall–Kier alpha value is -1.07. The summed E-state index contributed by atoms with van der Waals surface area (Å²) in [6.07, 6.45) is 5.42. The fourth-order valence-corrected chi connectivity index (χ4v) is 2.39. The normalized spacial score (nSPS) is 19.6. The van der Waals surface area contributed by atoms with E-state index in [4.69, 9.17) is 9.47 Å². The Morgan fingerprint density at radius 2 is 2.47 bits per heavy atom. The lowest BCUT2D eigenvalue weighted by Gasteiger charge is -2.25. The maximum atomic E-state index is 5.56. The molecule has 19 heavy (non-hydrogen) atoms. The Morgan fingerprint density at radius 3 is 3.21 bits per heavy atom. The van der Waals surface area contributed by atoms with E-state index < -0.39 is 0 Å². The van der Waals surface area contributed by atoms with Crippen LogP contribution in [0.1, 0.15) is 37.9 Å². The fraction of sp³-hybridized carbons (Fsp3) is 0.786. The van der Waals surface area contributed by atoms with Crippen molar-refractivity contribution in [2.45, 2.75) is 39.2 Å². The quantitative estimate of drug-likeness (QED) is 0.771. The molecule has 1 fully saturated rings. The molecule has 1 atom stereocenters. The van der Waals surface area contributed by atoms with Gasteiger partial charge in [-0.3, -0.25) is 0 Å². The molecule has 2 rings (SSSR count). The first-order valence-electron chi connectivity index (χ1n) is 7.26. The van der Waals surface area contributed by atoms with Crippen LogP contribution in [0.5, 0.6) is 0 Å². The number of aromatic nitrogens is 2. The number of anilines is 1. The van der Waals surface area contributed by atoms with E-state index in [1.807, 2.05) is 13.8 Å². The highest BCUT2D eigenvalue weighted by molar-refractivity contribution is 5.29. The van der Waals surface area contributed by atoms with Crippen LogP contribution in [0.4, 0.5) is 5.95 Å². The van der Waals surface area contributed by atoms with Gasteiger partial charge in [-0.05, 0) is 33.1 Å². The summed E-state index contributed by atoms with van der Waals surface area (Å²) in [6.45, 7) is 8.22. The Morgan fingerprint density at radius 1 is 1.58 bits per heavy atom. The minimum absolute atomic E-state index is 0.421. The van der Waals surface area contributed by atoms with Gasteiger partial charge in [0.05, 0.1) is 18.3 Å². The van der Waals surface area contributed by atoms with Gasteiger partial charge in [0.25, 0.3) is 0 Å². The molecule has 5 nitrogen and oxygen atoms in total. The zero-order chi connectivity index (χ0) is 13.5. The minimum atomic E-state index is 0.421. The lowest BCUT2D eigenvalue weighted by molar-refractivity contribution is 0.0598. The molecule has 1 aliphatic rings. The number of ether oxygens (including phenoxy) is 2. The number of hydrogen-bond donors (Lipinski definition) is 1. The van der Waals surface area contributed by atoms with Crippen LogP contribution in [0.3, 0.4) is 0 Å². The topological polar surface area (TPSA) is 48.3 Å². The van der Waals surface area contributed by atoms with Gasteiger partial charge in [-0.2, -0.15) is 0 Å². The number of nitrogens with one attached hydrogen (secondary N) is 1. The second-order valence-electron chi connectivity index (χ2n) is 4.96. The van der Waals surface area contributed by atoms with Gasteiger partial charge in [-0.15, -0.1) is 0 Å². The Labute approximate surface area is 115 Å². The maximum absolute atomic E-state index is 5.56. The van der Waals surface area contributed by atoms with Crippen molar-refractivity contribution < 1.29 is 9.47 Å². The molecule has 1 N–H and O–H groups in total. The van der Waals surface area contributed by atoms with E-state index in [0.29, 0.717) is 6.04 Å². The highest BCUT2D eigenvalue weighted by Gasteiger charge is 2.19. The van der Waals surface area contributed by atoms with Crippen molar-refractivity contribution in [1.29, 1.82) is 0 Å². The molecule has 1 aromatic rings. The van der Waals surface area contributed by atoms with Crippen LogP contribution in [0.2, 0.25) is 0 Å². The molecule has 0 amide bonds. The average Bonchev–Trinajstić information content (AvgIpc) is 2.81. The van der Waals surface area contributed by atoms with Crippen molar-refractivity contribution >= 4 is 5.95 Å². The molecule has 1 aromatic heterocycles. The SMILES string of the molecule is CCOCCCNc1nc(C)cn1C1CCCOC1. The van der Waals surface area contributed by atoms with E-state index >= 15 is 0 Å². The summed E-state index contributed by atoms with van der Waals surface area (Å²) in [5.74, 6) is 0.962. The van der Waals surface area contributed by atoms with E-state index in [1.54, 1.807) is 0 Å². The first-order chi connectivity index (χ1) is 9.31. The molecule has 1 saturated heterocycles. The van der Waals surface area contributed by atoms with Crippen LogP contribution >= 0.6 is 0 Å². The molecule has 0 aromatic carbocycles. The molecule has 2 heterocycles. The largest absolute Gasteiger partial charge is 0.382 e. The average molecular weight is 267 g/mol. The van der Waals surface area contributed by atoms with Crippen LogP contribution in [0.25, 0.3) is 0 Å². The summed E-state index contributed by atoms with van der Waals surface area (Å²) < 4.78 is 13.1. The molecule has 1 unspecified atom stereocenters. The van der Waals surface area contributed by atoms with Gasteiger partial charge in [-0.1, -0.05) is 0 Å². The summed E-state index contributed by atoms with van der Waals surface area (Å²) in [5.41, 5.74) is 1.05. The van der Waals surface area contributed by atoms with Crippen molar-refractivity contribution in [3.63, 3.8) is 0 Å². The summed E-state index contributed by atoms with van der Waals surface area (Å²) in [4.78, 5) is 4.56. The summed E-state index contributed by atoms with van der Waals surface area (Å²) in [6, 6.07) is 0.421. The van der Waals surface area contributed by atoms with Gasteiger partial charge in [-0.25, -0.2) is 4.98 Å². The van der Waals surface area contributed by atoms with Gasteiger partial charge in [0.2, 0.25) is 5.95 Å². The van der Waals surface area contributed by atoms with Crippen LogP contribution in [0, 0.1) is 6.92 Å². The van der Waals surface area contributed by atoms with E-state index in [1.165, 1.54) is 6.42 Å². The third-order valence-electron chi connectivity index (χ3n) is 3.34. The highest BCUT2D eigenvalue weighted by atomic mass is 16.5. The second kappa shape index (κ2) is 7.50. The lowest BCUT2D eigenvalue weighted by atomic mass is 10.1. The van der Waals surface area contributed by atoms with Crippen LogP contribution < -0.4 is 5.32 Å². The molecule has 0 radical (unpaired) electrons. The Balaban J connectivity index is 1.88. The van der Waals surface area contributed by atoms with Crippen molar-refractivity contribution in [3.8, 4) is 0 Å². The molecule has 0 saturated carbocycles. The Bertz CT molecular complexity index is 373. The molecule has 108 valence electrons. The van der Waals surface area contributed by atoms with Gasteiger partial charge in [0.1, 0.15) is 0 Å². The smallest absolute Gasteiger partial charge is 0.203 e. The summed E-state index contributed by atoms with van der Waals surface area (Å²) in [7, 11) is 0. The molecule has 0 bridgehead atoms. The third kappa shape index (κ3) is 4.21. The van der Waals surface area contributed by atoms with E-state index in [-0.39, 0.29) is 0 Å². The molecular formula is C14H25N3O2. The number of imidazole rings is 1. The zero-order valence-corrected chi connectivity index (χ0v) is 12.0. The maximum Gasteiger partial charge on any atom is 0.203 e. The molecule has 0 aliphatic carbocycles. The second-order valence-corrected chi connectivity index (χ2v) is 4.96. The van der Waals surface area contributed by atoms with Crippen molar-refractivity contribution in [1.82, 2.24) is 9.55 Å². The standard InChI is InChI=1S/C14H25N3O2/c1-3-18-9-5-7-15-14-16-12(2)10-17(14)13-6-4-8-19-11-13/h10,13H,3-9,11H2,1-2H3,(H,15,16). The molecule has 5 heteroatoms. The zero-order valence-electron chi connectivity index (χ0n) is 12.0. The predicted octanol–water partition coefficient (Wildman–Crippen LogP) is 2.38. The summed E-state index contributed by atoms with van der Waals surface area (Å²) in [5, 5.41) is 3.41. The molecule has 1 aliphatic heterocycles. The van der Waals surface area contributed by atoms with Crippen molar-refractivity contribution in [2.24, 2.45) is 0 Å². The van der Waals surface area contributed by atoms with Crippen LogP contribution in [-0.4, -0.2) is 42.5 Å². The monoisotopic (exact) mass is 267 g/mol. The lowest BCUT2D eigenvalue weighted by Crippen LogP contribution is -2.22. The first kappa shape index (κ1) is 14.3. The fourth-order valence-electron chi connectivity index (χ4n) is 2.39. The van der Waals surface area contributed by atoms with Gasteiger partial charge in [0, 0.05) is 32.6 Å². The minimum Gasteiger partial charge on any atom is -0.382 e. The predicted molar refractivity (Wildman–Crippen MR) is 75.7 cm³/mol. The van der Waals surface area contributed by atoms with Crippen molar-refractivity contribution in [2.75, 3.05) is 38.3 Å². The Kier molecular flexibility index (Phi) is 5.66. The number of aryl methyl sites for hydroxylation is 1. The van der Waals surface area contributed by atoms with Crippen LogP contribution in [-0.2, 0) is 9.47 Å². The number of rotatable bonds is 7. The number of hydrogen-bond acceptors (Lipinski definition) is 4. The van der Waals surface area contributed by atoms with Crippen LogP contribution in [0.15, 0.2) is 6.20 Å². The molecular weight excluding hydrogens is 242 g/mol. The van der Waals surface area contributed by atoms with Gasteiger partial charge in [0.15, 0.2) is 0 Å². The molecule has 0 spiro atoms. The van der Waals surface area contributed by atoms with Gasteiger partial charge >= 0.3 is 0 Å².